The Kier molecular flexibility index (Phi) is 5.72. The lowest BCUT2D eigenvalue weighted by molar-refractivity contribution is -0.137. The maximum absolute atomic E-state index is 12.3. The van der Waals surface area contributed by atoms with Crippen LogP contribution in [0.2, 0.25) is 0 Å². The number of rotatable bonds is 5. The van der Waals surface area contributed by atoms with Crippen molar-refractivity contribution in [2.45, 2.75) is 30.5 Å². The molecule has 0 aromatic heterocycles. The van der Waals surface area contributed by atoms with Gasteiger partial charge < -0.3 is 10.2 Å². The number of hydrogen-bond donors (Lipinski definition) is 2. The van der Waals surface area contributed by atoms with E-state index in [0.29, 0.717) is 24.0 Å². The van der Waals surface area contributed by atoms with Crippen LogP contribution in [0.4, 0.5) is 0 Å². The highest BCUT2D eigenvalue weighted by atomic mass is 16.4. The van der Waals surface area contributed by atoms with E-state index in [1.165, 1.54) is 0 Å². The Morgan fingerprint density at radius 2 is 0.970 bits per heavy atom. The van der Waals surface area contributed by atoms with Gasteiger partial charge in [0.2, 0.25) is 0 Å². The molecule has 1 unspecified atom stereocenters. The molecule has 0 spiro atoms. The van der Waals surface area contributed by atoms with E-state index < -0.39 is 11.2 Å². The van der Waals surface area contributed by atoms with Crippen LogP contribution >= 0.6 is 0 Å². The van der Waals surface area contributed by atoms with Crippen LogP contribution in [0.5, 0.6) is 0 Å². The molecule has 0 fully saturated rings. The van der Waals surface area contributed by atoms with Gasteiger partial charge in [0.25, 0.3) is 0 Å². The summed E-state index contributed by atoms with van der Waals surface area (Å²) in [4.78, 5) is 0. The molecule has 1 aliphatic carbocycles. The first-order valence-corrected chi connectivity index (χ1v) is 11.5. The monoisotopic (exact) mass is 432 g/mol. The van der Waals surface area contributed by atoms with Gasteiger partial charge >= 0.3 is 0 Å². The maximum atomic E-state index is 12.3. The van der Waals surface area contributed by atoms with Crippen LogP contribution in [-0.2, 0) is 5.60 Å². The van der Waals surface area contributed by atoms with Crippen molar-refractivity contribution in [3.05, 3.63) is 132 Å². The molecule has 33 heavy (non-hydrogen) atoms. The van der Waals surface area contributed by atoms with Gasteiger partial charge in [-0.1, -0.05) is 121 Å². The van der Waals surface area contributed by atoms with Crippen molar-refractivity contribution in [2.24, 2.45) is 0 Å². The van der Waals surface area contributed by atoms with Crippen molar-refractivity contribution in [2.75, 3.05) is 0 Å². The molecule has 2 N–H and O–H groups in total. The average molecular weight is 433 g/mol. The second kappa shape index (κ2) is 8.82. The standard InChI is InChI=1S/C31H28O2/c32-30(22-8-3-9-23-30)31(33,28-18-14-26(15-19-28)24-10-4-1-5-11-24)29-20-16-27(17-21-29)25-12-6-2-7-13-25/h1-8,10-21,32-33H,9,22-23H2. The molecule has 0 aliphatic heterocycles. The summed E-state index contributed by atoms with van der Waals surface area (Å²) in [6, 6.07) is 36.3. The van der Waals surface area contributed by atoms with Crippen molar-refractivity contribution in [1.82, 2.24) is 0 Å². The highest BCUT2D eigenvalue weighted by Gasteiger charge is 2.51. The Labute approximate surface area is 195 Å². The first kappa shape index (κ1) is 21.4. The number of allylic oxidation sites excluding steroid dienone is 1. The zero-order chi connectivity index (χ0) is 22.7. The smallest absolute Gasteiger partial charge is 0.143 e. The fourth-order valence-electron chi connectivity index (χ4n) is 4.92. The summed E-state index contributed by atoms with van der Waals surface area (Å²) in [5.74, 6) is 0. The maximum Gasteiger partial charge on any atom is 0.143 e. The third kappa shape index (κ3) is 3.93. The van der Waals surface area contributed by atoms with Gasteiger partial charge in [-0.05, 0) is 52.6 Å². The Bertz CT molecular complexity index is 1140. The largest absolute Gasteiger partial charge is 0.386 e. The molecule has 0 amide bonds. The summed E-state index contributed by atoms with van der Waals surface area (Å²) in [5, 5.41) is 24.0. The van der Waals surface area contributed by atoms with E-state index >= 15 is 0 Å². The van der Waals surface area contributed by atoms with Crippen LogP contribution in [0.15, 0.2) is 121 Å². The van der Waals surface area contributed by atoms with Crippen LogP contribution in [0.25, 0.3) is 22.3 Å². The van der Waals surface area contributed by atoms with Gasteiger partial charge in [0, 0.05) is 0 Å². The van der Waals surface area contributed by atoms with E-state index in [2.05, 4.69) is 30.3 Å². The molecule has 0 heterocycles. The summed E-state index contributed by atoms with van der Waals surface area (Å²) < 4.78 is 0. The zero-order valence-corrected chi connectivity index (χ0v) is 18.6. The van der Waals surface area contributed by atoms with Gasteiger partial charge in [0.1, 0.15) is 11.2 Å². The number of aliphatic hydroxyl groups is 2. The van der Waals surface area contributed by atoms with E-state index in [1.807, 2.05) is 91.0 Å². The highest BCUT2D eigenvalue weighted by molar-refractivity contribution is 5.65. The molecular weight excluding hydrogens is 404 g/mol. The predicted octanol–water partition coefficient (Wildman–Crippen LogP) is 6.73. The molecule has 2 heteroatoms. The van der Waals surface area contributed by atoms with Gasteiger partial charge in [0.15, 0.2) is 0 Å². The van der Waals surface area contributed by atoms with Crippen LogP contribution in [0, 0.1) is 0 Å². The molecule has 0 radical (unpaired) electrons. The first-order valence-electron chi connectivity index (χ1n) is 11.5. The van der Waals surface area contributed by atoms with Gasteiger partial charge in [0.05, 0.1) is 0 Å². The van der Waals surface area contributed by atoms with Gasteiger partial charge in [-0.15, -0.1) is 0 Å². The Hall–Kier alpha value is -3.46. The molecule has 1 atom stereocenters. The Morgan fingerprint density at radius 1 is 0.545 bits per heavy atom. The predicted molar refractivity (Wildman–Crippen MR) is 135 cm³/mol. The second-order valence-corrected chi connectivity index (χ2v) is 8.84. The minimum atomic E-state index is -1.53. The van der Waals surface area contributed by atoms with E-state index in [1.54, 1.807) is 0 Å². The lowest BCUT2D eigenvalue weighted by atomic mass is 9.67. The topological polar surface area (TPSA) is 40.5 Å². The fourth-order valence-corrected chi connectivity index (χ4v) is 4.92. The van der Waals surface area contributed by atoms with E-state index in [-0.39, 0.29) is 0 Å². The summed E-state index contributed by atoms with van der Waals surface area (Å²) >= 11 is 0. The van der Waals surface area contributed by atoms with Crippen molar-refractivity contribution < 1.29 is 10.2 Å². The SMILES string of the molecule is OC1(C(O)(c2ccc(-c3ccccc3)cc2)c2ccc(-c3ccccc3)cc2)CC=CCC1. The van der Waals surface area contributed by atoms with Gasteiger partial charge in [-0.25, -0.2) is 0 Å². The van der Waals surface area contributed by atoms with E-state index in [4.69, 9.17) is 0 Å². The van der Waals surface area contributed by atoms with Crippen LogP contribution in [0.3, 0.4) is 0 Å². The number of hydrogen-bond acceptors (Lipinski definition) is 2. The zero-order valence-electron chi connectivity index (χ0n) is 18.6. The second-order valence-electron chi connectivity index (χ2n) is 8.84. The van der Waals surface area contributed by atoms with Crippen molar-refractivity contribution >= 4 is 0 Å². The molecule has 4 aromatic rings. The van der Waals surface area contributed by atoms with Crippen LogP contribution < -0.4 is 0 Å². The minimum Gasteiger partial charge on any atom is -0.386 e. The van der Waals surface area contributed by atoms with E-state index in [9.17, 15) is 10.2 Å². The molecule has 0 saturated carbocycles. The molecule has 0 bridgehead atoms. The van der Waals surface area contributed by atoms with Crippen molar-refractivity contribution in [3.8, 4) is 22.3 Å². The third-order valence-electron chi connectivity index (χ3n) is 6.84. The fraction of sp³-hybridized carbons (Fsp3) is 0.161. The lowest BCUT2D eigenvalue weighted by Gasteiger charge is -2.45. The molecule has 5 rings (SSSR count). The number of benzene rings is 4. The molecule has 2 nitrogen and oxygen atoms in total. The quantitative estimate of drug-likeness (QED) is 0.343. The first-order chi connectivity index (χ1) is 16.1. The highest BCUT2D eigenvalue weighted by Crippen LogP contribution is 2.46. The Balaban J connectivity index is 1.58. The molecular formula is C31H28O2. The molecule has 1 aliphatic rings. The minimum absolute atomic E-state index is 0.407. The lowest BCUT2D eigenvalue weighted by Crippen LogP contribution is -2.53. The van der Waals surface area contributed by atoms with Crippen LogP contribution in [-0.4, -0.2) is 15.8 Å². The summed E-state index contributed by atoms with van der Waals surface area (Å²) in [5.41, 5.74) is 3.00. The third-order valence-corrected chi connectivity index (χ3v) is 6.84. The van der Waals surface area contributed by atoms with Crippen LogP contribution in [0.1, 0.15) is 30.4 Å². The summed E-state index contributed by atoms with van der Waals surface area (Å²) in [7, 11) is 0. The summed E-state index contributed by atoms with van der Waals surface area (Å²) in [6.45, 7) is 0. The Morgan fingerprint density at radius 3 is 1.36 bits per heavy atom. The molecule has 4 aromatic carbocycles. The summed E-state index contributed by atoms with van der Waals surface area (Å²) in [6.07, 6.45) is 5.70. The normalized spacial score (nSPS) is 18.2. The van der Waals surface area contributed by atoms with Gasteiger partial charge in [-0.3, -0.25) is 0 Å². The van der Waals surface area contributed by atoms with Crippen molar-refractivity contribution in [3.63, 3.8) is 0 Å². The average Bonchev–Trinajstić information content (AvgIpc) is 2.90. The molecule has 164 valence electrons. The van der Waals surface area contributed by atoms with Gasteiger partial charge in [-0.2, -0.15) is 0 Å². The molecule has 0 saturated heterocycles. The van der Waals surface area contributed by atoms with E-state index in [0.717, 1.165) is 28.7 Å². The van der Waals surface area contributed by atoms with Crippen molar-refractivity contribution in [1.29, 1.82) is 0 Å².